The van der Waals surface area contributed by atoms with Crippen molar-refractivity contribution < 1.29 is 9.53 Å². The lowest BCUT2D eigenvalue weighted by atomic mass is 9.97. The summed E-state index contributed by atoms with van der Waals surface area (Å²) >= 11 is 0. The monoisotopic (exact) mass is 382 g/mol. The third-order valence-electron chi connectivity index (χ3n) is 5.71. The van der Waals surface area contributed by atoms with Gasteiger partial charge < -0.3 is 4.74 Å². The highest BCUT2D eigenvalue weighted by Crippen LogP contribution is 2.17. The second-order valence-electron chi connectivity index (χ2n) is 8.90. The van der Waals surface area contributed by atoms with Crippen molar-refractivity contribution in [1.29, 1.82) is 0 Å². The predicted molar refractivity (Wildman–Crippen MR) is 119 cm³/mol. The van der Waals surface area contributed by atoms with Crippen LogP contribution in [-0.4, -0.2) is 12.6 Å². The molecule has 0 aromatic rings. The van der Waals surface area contributed by atoms with Gasteiger partial charge in [-0.3, -0.25) is 4.79 Å². The van der Waals surface area contributed by atoms with Gasteiger partial charge in [0.2, 0.25) is 0 Å². The first-order chi connectivity index (χ1) is 13.1. The minimum atomic E-state index is 0.00603. The molecule has 0 aliphatic heterocycles. The summed E-state index contributed by atoms with van der Waals surface area (Å²) in [5.74, 6) is 1.44. The fourth-order valence-corrected chi connectivity index (χ4v) is 3.64. The van der Waals surface area contributed by atoms with E-state index in [4.69, 9.17) is 4.74 Å². The predicted octanol–water partition coefficient (Wildman–Crippen LogP) is 8.47. The highest BCUT2D eigenvalue weighted by atomic mass is 16.5. The lowest BCUT2D eigenvalue weighted by molar-refractivity contribution is -0.145. The Bertz CT molecular complexity index is 313. The van der Waals surface area contributed by atoms with E-state index < -0.39 is 0 Å². The van der Waals surface area contributed by atoms with Gasteiger partial charge in [0, 0.05) is 6.42 Å². The van der Waals surface area contributed by atoms with Crippen LogP contribution < -0.4 is 0 Å². The van der Waals surface area contributed by atoms with E-state index in [0.29, 0.717) is 18.9 Å². The van der Waals surface area contributed by atoms with Gasteiger partial charge in [0.15, 0.2) is 0 Å². The molecule has 0 saturated carbocycles. The Morgan fingerprint density at radius 3 is 1.63 bits per heavy atom. The minimum absolute atomic E-state index is 0.00603. The van der Waals surface area contributed by atoms with Crippen LogP contribution in [0.25, 0.3) is 0 Å². The summed E-state index contributed by atoms with van der Waals surface area (Å²) in [6.45, 7) is 9.69. The molecule has 0 amide bonds. The molecule has 0 spiro atoms. The van der Waals surface area contributed by atoms with Crippen molar-refractivity contribution in [1.82, 2.24) is 0 Å². The fraction of sp³-hybridized carbons (Fsp3) is 0.960. The number of hydrogen-bond acceptors (Lipinski definition) is 2. The van der Waals surface area contributed by atoms with Crippen LogP contribution in [0.5, 0.6) is 0 Å². The quantitative estimate of drug-likeness (QED) is 0.156. The van der Waals surface area contributed by atoms with Crippen LogP contribution in [0.1, 0.15) is 137 Å². The zero-order valence-corrected chi connectivity index (χ0v) is 19.2. The molecule has 0 N–H and O–H groups in total. The van der Waals surface area contributed by atoms with Crippen LogP contribution in [0.3, 0.4) is 0 Å². The van der Waals surface area contributed by atoms with Gasteiger partial charge in [0.05, 0.1) is 6.61 Å². The number of unbranched alkanes of at least 4 members (excludes halogenated alkanes) is 10. The van der Waals surface area contributed by atoms with E-state index >= 15 is 0 Å². The Morgan fingerprint density at radius 2 is 1.07 bits per heavy atom. The Kier molecular flexibility index (Phi) is 19.8. The van der Waals surface area contributed by atoms with Gasteiger partial charge in [-0.25, -0.2) is 0 Å². The average Bonchev–Trinajstić information content (AvgIpc) is 2.67. The smallest absolute Gasteiger partial charge is 0.305 e. The van der Waals surface area contributed by atoms with E-state index in [2.05, 4.69) is 27.7 Å². The van der Waals surface area contributed by atoms with Gasteiger partial charge in [-0.05, 0) is 24.7 Å². The van der Waals surface area contributed by atoms with Crippen molar-refractivity contribution in [2.24, 2.45) is 11.8 Å². The van der Waals surface area contributed by atoms with E-state index in [1.807, 2.05) is 0 Å². The molecule has 2 atom stereocenters. The van der Waals surface area contributed by atoms with Crippen LogP contribution >= 0.6 is 0 Å². The Morgan fingerprint density at radius 1 is 0.630 bits per heavy atom. The van der Waals surface area contributed by atoms with Crippen LogP contribution in [0.2, 0.25) is 0 Å². The Labute approximate surface area is 171 Å². The zero-order valence-electron chi connectivity index (χ0n) is 19.2. The molecule has 2 heteroatoms. The second-order valence-corrected chi connectivity index (χ2v) is 8.90. The summed E-state index contributed by atoms with van der Waals surface area (Å²) in [5, 5.41) is 0. The van der Waals surface area contributed by atoms with Crippen LogP contribution in [0, 0.1) is 11.8 Å². The zero-order chi connectivity index (χ0) is 20.2. The van der Waals surface area contributed by atoms with E-state index in [0.717, 1.165) is 12.3 Å². The van der Waals surface area contributed by atoms with Crippen molar-refractivity contribution in [2.45, 2.75) is 137 Å². The molecular formula is C25H50O2. The van der Waals surface area contributed by atoms with E-state index in [-0.39, 0.29) is 5.97 Å². The summed E-state index contributed by atoms with van der Waals surface area (Å²) in [4.78, 5) is 11.7. The number of esters is 1. The van der Waals surface area contributed by atoms with Crippen molar-refractivity contribution in [3.63, 3.8) is 0 Å². The minimum Gasteiger partial charge on any atom is -0.465 e. The maximum atomic E-state index is 11.7. The summed E-state index contributed by atoms with van der Waals surface area (Å²) in [6.07, 6.45) is 21.6. The normalized spacial score (nSPS) is 13.5. The molecule has 162 valence electrons. The molecule has 0 radical (unpaired) electrons. The van der Waals surface area contributed by atoms with E-state index in [9.17, 15) is 4.79 Å². The largest absolute Gasteiger partial charge is 0.465 e. The standard InChI is InChI=1S/C25H50O2/c1-5-7-18-23(3)20-16-14-12-10-9-11-13-15-17-21-25(26)27-22-24(4)19-8-6-2/h23-24H,5-22H2,1-4H3. The first-order valence-electron chi connectivity index (χ1n) is 12.3. The van der Waals surface area contributed by atoms with Gasteiger partial charge in [-0.2, -0.15) is 0 Å². The van der Waals surface area contributed by atoms with Crippen molar-refractivity contribution in [2.75, 3.05) is 6.61 Å². The molecule has 2 nitrogen and oxygen atoms in total. The second kappa shape index (κ2) is 20.2. The fourth-order valence-electron chi connectivity index (χ4n) is 3.64. The average molecular weight is 383 g/mol. The third-order valence-corrected chi connectivity index (χ3v) is 5.71. The van der Waals surface area contributed by atoms with Crippen molar-refractivity contribution in [3.05, 3.63) is 0 Å². The van der Waals surface area contributed by atoms with Crippen molar-refractivity contribution >= 4 is 5.97 Å². The molecule has 27 heavy (non-hydrogen) atoms. The molecule has 0 aromatic carbocycles. The molecule has 0 fully saturated rings. The van der Waals surface area contributed by atoms with Gasteiger partial charge in [0.1, 0.15) is 0 Å². The molecule has 0 rings (SSSR count). The first kappa shape index (κ1) is 26.5. The van der Waals surface area contributed by atoms with Gasteiger partial charge in [-0.1, -0.05) is 118 Å². The molecular weight excluding hydrogens is 332 g/mol. The Balaban J connectivity index is 3.27. The highest BCUT2D eigenvalue weighted by molar-refractivity contribution is 5.69. The third kappa shape index (κ3) is 20.0. The van der Waals surface area contributed by atoms with Crippen molar-refractivity contribution in [3.8, 4) is 0 Å². The van der Waals surface area contributed by atoms with Gasteiger partial charge in [-0.15, -0.1) is 0 Å². The molecule has 2 unspecified atom stereocenters. The SMILES string of the molecule is CCCCC(C)CCCCCCCCCCCC(=O)OCC(C)CCCC. The summed E-state index contributed by atoms with van der Waals surface area (Å²) in [7, 11) is 0. The molecule has 0 saturated heterocycles. The number of carbonyl (C=O) groups excluding carboxylic acids is 1. The maximum absolute atomic E-state index is 11.7. The summed E-state index contributed by atoms with van der Waals surface area (Å²) in [6, 6.07) is 0. The van der Waals surface area contributed by atoms with Gasteiger partial charge in [0.25, 0.3) is 0 Å². The summed E-state index contributed by atoms with van der Waals surface area (Å²) < 4.78 is 5.38. The Hall–Kier alpha value is -0.530. The number of rotatable bonds is 20. The summed E-state index contributed by atoms with van der Waals surface area (Å²) in [5.41, 5.74) is 0. The topological polar surface area (TPSA) is 26.3 Å². The number of carbonyl (C=O) groups is 1. The van der Waals surface area contributed by atoms with Crippen LogP contribution in [0.15, 0.2) is 0 Å². The molecule has 0 aromatic heterocycles. The first-order valence-corrected chi connectivity index (χ1v) is 12.3. The lowest BCUT2D eigenvalue weighted by Crippen LogP contribution is -2.11. The number of ether oxygens (including phenoxy) is 1. The number of hydrogen-bond donors (Lipinski definition) is 0. The maximum Gasteiger partial charge on any atom is 0.305 e. The van der Waals surface area contributed by atoms with E-state index in [1.165, 1.54) is 96.3 Å². The molecule has 0 aliphatic carbocycles. The van der Waals surface area contributed by atoms with Crippen LogP contribution in [0.4, 0.5) is 0 Å². The van der Waals surface area contributed by atoms with E-state index in [1.54, 1.807) is 0 Å². The molecule has 0 aliphatic rings. The molecule has 0 bridgehead atoms. The van der Waals surface area contributed by atoms with Crippen LogP contribution in [-0.2, 0) is 9.53 Å². The lowest BCUT2D eigenvalue weighted by Gasteiger charge is -2.11. The van der Waals surface area contributed by atoms with Gasteiger partial charge >= 0.3 is 5.97 Å². The molecule has 0 heterocycles. The highest BCUT2D eigenvalue weighted by Gasteiger charge is 2.07.